The van der Waals surface area contributed by atoms with Gasteiger partial charge in [0.15, 0.2) is 0 Å². The van der Waals surface area contributed by atoms with Gasteiger partial charge >= 0.3 is 0 Å². The average Bonchev–Trinajstić information content (AvgIpc) is 2.95. The van der Waals surface area contributed by atoms with E-state index in [1.807, 2.05) is 13.8 Å². The number of aromatic nitrogens is 2. The topological polar surface area (TPSA) is 125 Å². The molecule has 0 saturated carbocycles. The van der Waals surface area contributed by atoms with Gasteiger partial charge in [-0.3, -0.25) is 25.4 Å². The third-order valence-electron chi connectivity index (χ3n) is 4.25. The van der Waals surface area contributed by atoms with Crippen molar-refractivity contribution in [2.45, 2.75) is 31.2 Å². The van der Waals surface area contributed by atoms with E-state index in [9.17, 15) is 13.2 Å². The molecular formula is C17H20N6O3S. The number of anilines is 1. The number of benzene rings is 1. The summed E-state index contributed by atoms with van der Waals surface area (Å²) in [6.07, 6.45) is 3.77. The van der Waals surface area contributed by atoms with Crippen LogP contribution in [-0.4, -0.2) is 36.2 Å². The Bertz CT molecular complexity index is 962. The third-order valence-corrected chi connectivity index (χ3v) is 5.64. The molecule has 27 heavy (non-hydrogen) atoms. The maximum Gasteiger partial charge on any atom is 0.263 e. The molecule has 2 atom stereocenters. The SMILES string of the molecule is CC[C@H](C)[C@H](N=C1NS(=O)(=O)c2ccccc21)C(=O)NNc1ncccn1. The first-order valence-corrected chi connectivity index (χ1v) is 9.93. The number of hydrazine groups is 1. The van der Waals surface area contributed by atoms with Crippen LogP contribution in [0, 0.1) is 5.92 Å². The van der Waals surface area contributed by atoms with Gasteiger partial charge in [-0.2, -0.15) is 0 Å². The van der Waals surface area contributed by atoms with E-state index in [4.69, 9.17) is 0 Å². The molecule has 0 fully saturated rings. The normalized spacial score (nSPS) is 18.2. The summed E-state index contributed by atoms with van der Waals surface area (Å²) in [6, 6.07) is 7.40. The van der Waals surface area contributed by atoms with Crippen molar-refractivity contribution in [1.82, 2.24) is 20.1 Å². The lowest BCUT2D eigenvalue weighted by Gasteiger charge is -2.19. The first-order chi connectivity index (χ1) is 12.9. The predicted molar refractivity (Wildman–Crippen MR) is 100 cm³/mol. The van der Waals surface area contributed by atoms with Crippen LogP contribution in [0.1, 0.15) is 25.8 Å². The summed E-state index contributed by atoms with van der Waals surface area (Å²) in [6.45, 7) is 3.81. The molecule has 1 aromatic heterocycles. The molecule has 0 aliphatic carbocycles. The molecule has 1 aliphatic heterocycles. The zero-order valence-corrected chi connectivity index (χ0v) is 15.7. The number of sulfonamides is 1. The van der Waals surface area contributed by atoms with E-state index in [0.717, 1.165) is 0 Å². The number of aliphatic imine (C=N–C) groups is 1. The molecule has 2 heterocycles. The van der Waals surface area contributed by atoms with Crippen molar-refractivity contribution in [2.75, 3.05) is 5.43 Å². The number of amidine groups is 1. The van der Waals surface area contributed by atoms with Crippen molar-refractivity contribution in [1.29, 1.82) is 0 Å². The molecule has 0 bridgehead atoms. The van der Waals surface area contributed by atoms with Crippen molar-refractivity contribution in [2.24, 2.45) is 10.9 Å². The fourth-order valence-electron chi connectivity index (χ4n) is 2.59. The smallest absolute Gasteiger partial charge is 0.263 e. The molecule has 142 valence electrons. The Hall–Kier alpha value is -3.01. The van der Waals surface area contributed by atoms with Gasteiger partial charge in [0, 0.05) is 18.0 Å². The Morgan fingerprint density at radius 3 is 2.63 bits per heavy atom. The number of nitrogens with zero attached hydrogens (tertiary/aromatic N) is 3. The number of hydrogen-bond acceptors (Lipinski definition) is 7. The number of rotatable bonds is 6. The van der Waals surface area contributed by atoms with Gasteiger partial charge in [0.1, 0.15) is 11.9 Å². The maximum atomic E-state index is 12.7. The Kier molecular flexibility index (Phi) is 5.36. The number of nitrogens with one attached hydrogen (secondary N) is 3. The fourth-order valence-corrected chi connectivity index (χ4v) is 3.83. The van der Waals surface area contributed by atoms with Crippen LogP contribution >= 0.6 is 0 Å². The van der Waals surface area contributed by atoms with Crippen molar-refractivity contribution in [3.63, 3.8) is 0 Å². The molecule has 0 saturated heterocycles. The maximum absolute atomic E-state index is 12.7. The largest absolute Gasteiger partial charge is 0.271 e. The summed E-state index contributed by atoms with van der Waals surface area (Å²) in [5.41, 5.74) is 5.63. The Morgan fingerprint density at radius 2 is 1.93 bits per heavy atom. The van der Waals surface area contributed by atoms with Gasteiger partial charge in [0.05, 0.1) is 4.90 Å². The van der Waals surface area contributed by atoms with E-state index in [1.54, 1.807) is 24.3 Å². The molecule has 0 spiro atoms. The highest BCUT2D eigenvalue weighted by Gasteiger charge is 2.33. The van der Waals surface area contributed by atoms with Gasteiger partial charge < -0.3 is 0 Å². The number of carbonyl (C=O) groups excluding carboxylic acids is 1. The Morgan fingerprint density at radius 1 is 1.22 bits per heavy atom. The van der Waals surface area contributed by atoms with Crippen LogP contribution in [0.25, 0.3) is 0 Å². The van der Waals surface area contributed by atoms with Crippen LogP contribution in [0.5, 0.6) is 0 Å². The van der Waals surface area contributed by atoms with Crippen LogP contribution in [0.3, 0.4) is 0 Å². The molecule has 3 rings (SSSR count). The quantitative estimate of drug-likeness (QED) is 0.636. The van der Waals surface area contributed by atoms with E-state index in [-0.39, 0.29) is 22.6 Å². The zero-order chi connectivity index (χ0) is 19.4. The summed E-state index contributed by atoms with van der Waals surface area (Å²) >= 11 is 0. The minimum Gasteiger partial charge on any atom is -0.271 e. The van der Waals surface area contributed by atoms with Gasteiger partial charge in [0.25, 0.3) is 15.9 Å². The van der Waals surface area contributed by atoms with Crippen molar-refractivity contribution >= 4 is 27.7 Å². The average molecular weight is 388 g/mol. The minimum atomic E-state index is -3.66. The lowest BCUT2D eigenvalue weighted by atomic mass is 9.99. The summed E-state index contributed by atoms with van der Waals surface area (Å²) in [5, 5.41) is 0. The van der Waals surface area contributed by atoms with Gasteiger partial charge in [-0.25, -0.2) is 18.4 Å². The molecule has 2 aromatic rings. The van der Waals surface area contributed by atoms with Crippen LogP contribution in [-0.2, 0) is 14.8 Å². The van der Waals surface area contributed by atoms with E-state index >= 15 is 0 Å². The van der Waals surface area contributed by atoms with Gasteiger partial charge in [-0.1, -0.05) is 32.4 Å². The summed E-state index contributed by atoms with van der Waals surface area (Å²) in [5.74, 6) is -0.114. The van der Waals surface area contributed by atoms with Gasteiger partial charge in [0.2, 0.25) is 5.95 Å². The summed E-state index contributed by atoms with van der Waals surface area (Å²) in [4.78, 5) is 25.2. The van der Waals surface area contributed by atoms with E-state index in [2.05, 4.69) is 30.5 Å². The highest BCUT2D eigenvalue weighted by atomic mass is 32.2. The van der Waals surface area contributed by atoms with Crippen LogP contribution in [0.15, 0.2) is 52.6 Å². The summed E-state index contributed by atoms with van der Waals surface area (Å²) < 4.78 is 26.9. The summed E-state index contributed by atoms with van der Waals surface area (Å²) in [7, 11) is -3.66. The molecule has 9 nitrogen and oxygen atoms in total. The van der Waals surface area contributed by atoms with Crippen LogP contribution in [0.2, 0.25) is 0 Å². The second kappa shape index (κ2) is 7.70. The van der Waals surface area contributed by atoms with E-state index in [1.165, 1.54) is 18.5 Å². The monoisotopic (exact) mass is 388 g/mol. The Balaban J connectivity index is 1.86. The predicted octanol–water partition coefficient (Wildman–Crippen LogP) is 1.07. The second-order valence-corrected chi connectivity index (χ2v) is 7.75. The Labute approximate surface area is 157 Å². The highest BCUT2D eigenvalue weighted by Crippen LogP contribution is 2.24. The molecular weight excluding hydrogens is 368 g/mol. The van der Waals surface area contributed by atoms with Crippen LogP contribution < -0.4 is 15.6 Å². The lowest BCUT2D eigenvalue weighted by molar-refractivity contribution is -0.122. The lowest BCUT2D eigenvalue weighted by Crippen LogP contribution is -2.42. The molecule has 0 unspecified atom stereocenters. The van der Waals surface area contributed by atoms with Crippen molar-refractivity contribution in [3.05, 3.63) is 48.3 Å². The fraction of sp³-hybridized carbons (Fsp3) is 0.294. The minimum absolute atomic E-state index is 0.117. The number of carbonyl (C=O) groups is 1. The highest BCUT2D eigenvalue weighted by molar-refractivity contribution is 7.90. The molecule has 1 amide bonds. The molecule has 1 aliphatic rings. The van der Waals surface area contributed by atoms with Crippen LogP contribution in [0.4, 0.5) is 5.95 Å². The standard InChI is InChI=1S/C17H20N6O3S/c1-3-11(2)14(16(24)21-22-17-18-9-6-10-19-17)20-15-12-7-4-5-8-13(12)27(25,26)23-15/h4-11,14H,3H2,1-2H3,(H,20,23)(H,21,24)(H,18,19,22)/t11-,14-/m0/s1. The number of hydrogen-bond donors (Lipinski definition) is 3. The third kappa shape index (κ3) is 4.05. The number of amides is 1. The molecule has 3 N–H and O–H groups in total. The zero-order valence-electron chi connectivity index (χ0n) is 14.9. The number of fused-ring (bicyclic) bond motifs is 1. The molecule has 0 radical (unpaired) electrons. The first kappa shape index (κ1) is 18.8. The van der Waals surface area contributed by atoms with Gasteiger partial charge in [-0.05, 0) is 24.1 Å². The van der Waals surface area contributed by atoms with E-state index < -0.39 is 22.0 Å². The first-order valence-electron chi connectivity index (χ1n) is 8.45. The molecule has 1 aromatic carbocycles. The van der Waals surface area contributed by atoms with Crippen molar-refractivity contribution in [3.8, 4) is 0 Å². The second-order valence-electron chi connectivity index (χ2n) is 6.10. The van der Waals surface area contributed by atoms with Crippen molar-refractivity contribution < 1.29 is 13.2 Å². The molecule has 10 heteroatoms. The van der Waals surface area contributed by atoms with E-state index in [0.29, 0.717) is 12.0 Å². The van der Waals surface area contributed by atoms with Gasteiger partial charge in [-0.15, -0.1) is 0 Å².